The van der Waals surface area contributed by atoms with Crippen LogP contribution in [0.2, 0.25) is 10.0 Å². The summed E-state index contributed by atoms with van der Waals surface area (Å²) in [5, 5.41) is 0.625. The molecule has 0 bridgehead atoms. The van der Waals surface area contributed by atoms with Gasteiger partial charge in [-0.2, -0.15) is 0 Å². The molecule has 0 aromatic heterocycles. The van der Waals surface area contributed by atoms with Crippen molar-refractivity contribution in [1.29, 1.82) is 0 Å². The lowest BCUT2D eigenvalue weighted by atomic mass is 10.2. The maximum atomic E-state index is 11.7. The summed E-state index contributed by atoms with van der Waals surface area (Å²) in [6, 6.07) is 4.83. The van der Waals surface area contributed by atoms with Gasteiger partial charge in [-0.15, -0.1) is 0 Å². The number of carbonyl (C=O) groups is 4. The Balaban J connectivity index is 3.28. The van der Waals surface area contributed by atoms with Gasteiger partial charge >= 0.3 is 23.9 Å². The summed E-state index contributed by atoms with van der Waals surface area (Å²) in [5.74, 6) is -2.36. The Morgan fingerprint density at radius 3 is 1.85 bits per heavy atom. The highest BCUT2D eigenvalue weighted by atomic mass is 35.5. The van der Waals surface area contributed by atoms with Gasteiger partial charge in [0.15, 0.2) is 6.10 Å². The van der Waals surface area contributed by atoms with E-state index in [0.29, 0.717) is 9.92 Å². The number of esters is 4. The molecule has 12 heteroatoms. The Hall–Kier alpha value is -2.01. The lowest BCUT2D eigenvalue weighted by Gasteiger charge is -2.32. The van der Waals surface area contributed by atoms with Gasteiger partial charge < -0.3 is 23.7 Å². The fraction of sp³-hybridized carbons (Fsp3) is 0.524. The Labute approximate surface area is 206 Å². The molecule has 9 nitrogen and oxygen atoms in total. The largest absolute Gasteiger partial charge is 0.463 e. The fourth-order valence-electron chi connectivity index (χ4n) is 2.45. The van der Waals surface area contributed by atoms with E-state index in [9.17, 15) is 19.2 Å². The molecule has 0 fully saturated rings. The van der Waals surface area contributed by atoms with E-state index in [1.807, 2.05) is 0 Å². The molecule has 1 aromatic carbocycles. The van der Waals surface area contributed by atoms with E-state index in [0.717, 1.165) is 11.8 Å². The van der Waals surface area contributed by atoms with E-state index in [1.165, 1.54) is 27.7 Å². The summed E-state index contributed by atoms with van der Waals surface area (Å²) in [7, 11) is 0. The molecular weight excluding hydrogens is 499 g/mol. The van der Waals surface area contributed by atoms with E-state index < -0.39 is 47.6 Å². The van der Waals surface area contributed by atoms with Gasteiger partial charge in [0.05, 0.1) is 10.0 Å². The van der Waals surface area contributed by atoms with Gasteiger partial charge in [0.2, 0.25) is 0 Å². The van der Waals surface area contributed by atoms with Crippen molar-refractivity contribution in [2.24, 2.45) is 0 Å². The van der Waals surface area contributed by atoms with E-state index in [-0.39, 0.29) is 18.2 Å². The standard InChI is InChI=1S/C21H26Cl2O9S/c1-11(30-14(4)26)19(9-28-12(2)24)32-21(20(31-15(5)27)10-29-13(3)25)33-16-6-7-17(22)18(23)8-16/h6-8,11,19-21H,9-10H2,1-5H3/t11-,19?,20+,21?/m1/s1. The third-order valence-electron chi connectivity index (χ3n) is 3.85. The van der Waals surface area contributed by atoms with E-state index in [1.54, 1.807) is 25.1 Å². The van der Waals surface area contributed by atoms with Crippen LogP contribution in [-0.2, 0) is 42.9 Å². The van der Waals surface area contributed by atoms with E-state index in [4.69, 9.17) is 46.9 Å². The van der Waals surface area contributed by atoms with Crippen molar-refractivity contribution in [2.45, 2.75) is 63.3 Å². The number of carbonyl (C=O) groups excluding carboxylic acids is 4. The van der Waals surface area contributed by atoms with Gasteiger partial charge in [-0.25, -0.2) is 0 Å². The van der Waals surface area contributed by atoms with E-state index in [2.05, 4.69) is 0 Å². The molecule has 0 saturated carbocycles. The second-order valence-corrected chi connectivity index (χ2v) is 8.79. The normalized spacial score (nSPS) is 14.4. The quantitative estimate of drug-likeness (QED) is 0.173. The highest BCUT2D eigenvalue weighted by Crippen LogP contribution is 2.34. The maximum Gasteiger partial charge on any atom is 0.303 e. The number of ether oxygens (including phenoxy) is 5. The molecule has 0 heterocycles. The van der Waals surface area contributed by atoms with Crippen LogP contribution in [0.25, 0.3) is 0 Å². The topological polar surface area (TPSA) is 114 Å². The second kappa shape index (κ2) is 14.3. The van der Waals surface area contributed by atoms with Crippen LogP contribution < -0.4 is 0 Å². The molecule has 0 N–H and O–H groups in total. The first-order valence-electron chi connectivity index (χ1n) is 9.77. The number of rotatable bonds is 12. The van der Waals surface area contributed by atoms with Crippen LogP contribution >= 0.6 is 35.0 Å². The average molecular weight is 525 g/mol. The summed E-state index contributed by atoms with van der Waals surface area (Å²) in [4.78, 5) is 46.5. The summed E-state index contributed by atoms with van der Waals surface area (Å²) in [6.07, 6.45) is -2.82. The summed E-state index contributed by atoms with van der Waals surface area (Å²) < 4.78 is 26.7. The van der Waals surface area contributed by atoms with Crippen LogP contribution in [0.15, 0.2) is 23.1 Å². The smallest absolute Gasteiger partial charge is 0.303 e. The number of hydrogen-bond donors (Lipinski definition) is 0. The minimum atomic E-state index is -1.06. The molecule has 0 spiro atoms. The Morgan fingerprint density at radius 1 is 0.818 bits per heavy atom. The van der Waals surface area contributed by atoms with Crippen molar-refractivity contribution < 1.29 is 42.9 Å². The number of thioether (sulfide) groups is 1. The zero-order valence-corrected chi connectivity index (χ0v) is 21.1. The zero-order valence-electron chi connectivity index (χ0n) is 18.8. The summed E-state index contributed by atoms with van der Waals surface area (Å²) in [6.45, 7) is 5.85. The predicted octanol–water partition coefficient (Wildman–Crippen LogP) is 3.81. The van der Waals surface area contributed by atoms with Crippen LogP contribution in [0.3, 0.4) is 0 Å². The van der Waals surface area contributed by atoms with Gasteiger partial charge in [-0.05, 0) is 25.1 Å². The molecule has 0 aliphatic heterocycles. The Kier molecular flexibility index (Phi) is 12.6. The molecule has 1 rings (SSSR count). The van der Waals surface area contributed by atoms with Gasteiger partial charge in [-0.1, -0.05) is 35.0 Å². The molecule has 33 heavy (non-hydrogen) atoms. The molecule has 2 unspecified atom stereocenters. The molecule has 184 valence electrons. The van der Waals surface area contributed by atoms with E-state index >= 15 is 0 Å². The maximum absolute atomic E-state index is 11.7. The van der Waals surface area contributed by atoms with Crippen molar-refractivity contribution in [3.05, 3.63) is 28.2 Å². The molecule has 0 radical (unpaired) electrons. The summed E-state index contributed by atoms with van der Waals surface area (Å²) >= 11 is 13.2. The van der Waals surface area contributed by atoms with Crippen LogP contribution in [0.1, 0.15) is 34.6 Å². The Morgan fingerprint density at radius 2 is 1.36 bits per heavy atom. The molecule has 0 aliphatic carbocycles. The first kappa shape index (κ1) is 29.0. The first-order chi connectivity index (χ1) is 15.4. The Bertz CT molecular complexity index is 849. The van der Waals surface area contributed by atoms with Crippen molar-refractivity contribution in [2.75, 3.05) is 13.2 Å². The monoisotopic (exact) mass is 524 g/mol. The van der Waals surface area contributed by atoms with Crippen molar-refractivity contribution in [3.63, 3.8) is 0 Å². The second-order valence-electron chi connectivity index (χ2n) is 6.80. The van der Waals surface area contributed by atoms with Gasteiger partial charge in [0, 0.05) is 32.6 Å². The van der Waals surface area contributed by atoms with Crippen LogP contribution in [0, 0.1) is 0 Å². The third-order valence-corrected chi connectivity index (χ3v) is 5.76. The van der Waals surface area contributed by atoms with Crippen molar-refractivity contribution in [3.8, 4) is 0 Å². The van der Waals surface area contributed by atoms with Gasteiger partial charge in [0.1, 0.15) is 30.9 Å². The lowest BCUT2D eigenvalue weighted by Crippen LogP contribution is -2.43. The molecule has 1 aromatic rings. The number of benzene rings is 1. The zero-order chi connectivity index (χ0) is 25.1. The molecular formula is C21H26Cl2O9S. The van der Waals surface area contributed by atoms with Gasteiger partial charge in [-0.3, -0.25) is 19.2 Å². The number of hydrogen-bond acceptors (Lipinski definition) is 10. The lowest BCUT2D eigenvalue weighted by molar-refractivity contribution is -0.176. The molecule has 0 aliphatic rings. The van der Waals surface area contributed by atoms with Crippen LogP contribution in [0.4, 0.5) is 0 Å². The average Bonchev–Trinajstić information content (AvgIpc) is 2.69. The fourth-order valence-corrected chi connectivity index (χ4v) is 3.90. The minimum Gasteiger partial charge on any atom is -0.463 e. The van der Waals surface area contributed by atoms with Crippen LogP contribution in [0.5, 0.6) is 0 Å². The third kappa shape index (κ3) is 11.6. The van der Waals surface area contributed by atoms with Crippen molar-refractivity contribution >= 4 is 58.8 Å². The van der Waals surface area contributed by atoms with Crippen LogP contribution in [-0.4, -0.2) is 60.8 Å². The molecule has 4 atom stereocenters. The van der Waals surface area contributed by atoms with Crippen molar-refractivity contribution in [1.82, 2.24) is 0 Å². The highest BCUT2D eigenvalue weighted by molar-refractivity contribution is 7.99. The molecule has 0 amide bonds. The predicted molar refractivity (Wildman–Crippen MR) is 121 cm³/mol. The van der Waals surface area contributed by atoms with Gasteiger partial charge in [0.25, 0.3) is 0 Å². The first-order valence-corrected chi connectivity index (χ1v) is 11.4. The number of halogens is 2. The minimum absolute atomic E-state index is 0.247. The highest BCUT2D eigenvalue weighted by Gasteiger charge is 2.34. The molecule has 0 saturated heterocycles. The SMILES string of the molecule is CC(=O)OCC(OC(Sc1ccc(Cl)c(Cl)c1)[C@H](COC(C)=O)OC(C)=O)[C@@H](C)OC(C)=O. The summed E-state index contributed by atoms with van der Waals surface area (Å²) in [5.41, 5.74) is -0.982.